The number of oxazole rings is 1. The zero-order chi connectivity index (χ0) is 30.2. The quantitative estimate of drug-likeness (QED) is 0.203. The standard InChI is InChI=1S/C41H24N2O3/c1-2-10-26-23-27(20-19-25(26)9-1)43(28-21-22-36-32(24-28)29-11-3-5-16-35(29)44-36)34-15-7-12-30-39-31(13-8-18-38(39)45-40(30)34)41-42-33-14-4-6-17-37(33)46-41/h1-24H. The first-order valence-electron chi connectivity index (χ1n) is 15.3. The molecule has 10 aromatic rings. The fourth-order valence-corrected chi connectivity index (χ4v) is 6.77. The van der Waals surface area contributed by atoms with Gasteiger partial charge in [-0.05, 0) is 77.5 Å². The summed E-state index contributed by atoms with van der Waals surface area (Å²) in [7, 11) is 0. The summed E-state index contributed by atoms with van der Waals surface area (Å²) in [6, 6.07) is 49.8. The number of fused-ring (bicyclic) bond motifs is 8. The number of benzene rings is 7. The Bertz CT molecular complexity index is 2750. The Morgan fingerprint density at radius 2 is 1.17 bits per heavy atom. The number of rotatable bonds is 4. The molecule has 0 radical (unpaired) electrons. The first kappa shape index (κ1) is 25.0. The third-order valence-electron chi connectivity index (χ3n) is 8.88. The van der Waals surface area contributed by atoms with E-state index in [9.17, 15) is 0 Å². The van der Waals surface area contributed by atoms with Gasteiger partial charge in [-0.2, -0.15) is 0 Å². The molecule has 0 spiro atoms. The molecule has 10 rings (SSSR count). The molecule has 0 fully saturated rings. The highest BCUT2D eigenvalue weighted by Gasteiger charge is 2.23. The summed E-state index contributed by atoms with van der Waals surface area (Å²) in [5, 5.41) is 6.46. The summed E-state index contributed by atoms with van der Waals surface area (Å²) in [6.07, 6.45) is 0. The number of anilines is 3. The highest BCUT2D eigenvalue weighted by molar-refractivity contribution is 6.16. The van der Waals surface area contributed by atoms with Gasteiger partial charge in [-0.3, -0.25) is 0 Å². The van der Waals surface area contributed by atoms with Gasteiger partial charge in [-0.25, -0.2) is 4.98 Å². The normalized spacial score (nSPS) is 11.9. The van der Waals surface area contributed by atoms with Gasteiger partial charge in [0.25, 0.3) is 0 Å². The van der Waals surface area contributed by atoms with Crippen molar-refractivity contribution in [1.29, 1.82) is 0 Å². The first-order chi connectivity index (χ1) is 22.8. The van der Waals surface area contributed by atoms with Crippen LogP contribution in [0, 0.1) is 0 Å². The Hall–Kier alpha value is -6.33. The molecule has 216 valence electrons. The molecule has 0 bridgehead atoms. The smallest absolute Gasteiger partial charge is 0.228 e. The second-order valence-corrected chi connectivity index (χ2v) is 11.6. The van der Waals surface area contributed by atoms with Gasteiger partial charge in [-0.15, -0.1) is 0 Å². The molecule has 0 N–H and O–H groups in total. The van der Waals surface area contributed by atoms with Crippen molar-refractivity contribution in [2.45, 2.75) is 0 Å². The van der Waals surface area contributed by atoms with Crippen molar-refractivity contribution in [2.75, 3.05) is 4.90 Å². The lowest BCUT2D eigenvalue weighted by molar-refractivity contribution is 0.620. The Morgan fingerprint density at radius 3 is 2.11 bits per heavy atom. The van der Waals surface area contributed by atoms with Crippen LogP contribution in [0.15, 0.2) is 159 Å². The number of hydrogen-bond donors (Lipinski definition) is 0. The van der Waals surface area contributed by atoms with E-state index in [2.05, 4.69) is 95.9 Å². The van der Waals surface area contributed by atoms with Crippen LogP contribution in [0.3, 0.4) is 0 Å². The molecule has 5 heteroatoms. The van der Waals surface area contributed by atoms with E-state index in [-0.39, 0.29) is 0 Å². The van der Waals surface area contributed by atoms with Crippen LogP contribution in [0.1, 0.15) is 0 Å². The molecular formula is C41H24N2O3. The van der Waals surface area contributed by atoms with Crippen molar-refractivity contribution in [3.8, 4) is 11.5 Å². The number of para-hydroxylation sites is 4. The van der Waals surface area contributed by atoms with E-state index in [4.69, 9.17) is 18.2 Å². The Labute approximate surface area is 262 Å². The minimum Gasteiger partial charge on any atom is -0.456 e. The zero-order valence-electron chi connectivity index (χ0n) is 24.5. The van der Waals surface area contributed by atoms with E-state index < -0.39 is 0 Å². The summed E-state index contributed by atoms with van der Waals surface area (Å²) in [5.41, 5.74) is 8.72. The van der Waals surface area contributed by atoms with Crippen molar-refractivity contribution in [3.63, 3.8) is 0 Å². The second kappa shape index (κ2) is 9.58. The molecule has 3 aromatic heterocycles. The van der Waals surface area contributed by atoms with Crippen molar-refractivity contribution in [2.24, 2.45) is 0 Å². The predicted molar refractivity (Wildman–Crippen MR) is 186 cm³/mol. The maximum Gasteiger partial charge on any atom is 0.228 e. The van der Waals surface area contributed by atoms with Crippen LogP contribution in [-0.2, 0) is 0 Å². The van der Waals surface area contributed by atoms with Crippen LogP contribution >= 0.6 is 0 Å². The maximum atomic E-state index is 6.74. The first-order valence-corrected chi connectivity index (χ1v) is 15.3. The molecule has 7 aromatic carbocycles. The minimum atomic E-state index is 0.573. The topological polar surface area (TPSA) is 55.6 Å². The summed E-state index contributed by atoms with van der Waals surface area (Å²) in [5.74, 6) is 0.573. The van der Waals surface area contributed by atoms with Crippen LogP contribution in [0.2, 0.25) is 0 Å². The molecule has 0 saturated heterocycles. The molecule has 0 atom stereocenters. The van der Waals surface area contributed by atoms with Gasteiger partial charge in [0, 0.05) is 38.5 Å². The van der Waals surface area contributed by atoms with Crippen molar-refractivity contribution in [1.82, 2.24) is 4.98 Å². The van der Waals surface area contributed by atoms with Crippen molar-refractivity contribution >= 4 is 82.8 Å². The van der Waals surface area contributed by atoms with E-state index in [0.29, 0.717) is 5.89 Å². The van der Waals surface area contributed by atoms with E-state index in [0.717, 1.165) is 83.0 Å². The Morgan fingerprint density at radius 1 is 0.457 bits per heavy atom. The summed E-state index contributed by atoms with van der Waals surface area (Å²) < 4.78 is 19.2. The van der Waals surface area contributed by atoms with Crippen LogP contribution in [0.25, 0.3) is 77.2 Å². The molecular weight excluding hydrogens is 568 g/mol. The largest absolute Gasteiger partial charge is 0.456 e. The molecule has 0 aliphatic rings. The van der Waals surface area contributed by atoms with Gasteiger partial charge in [0.15, 0.2) is 11.2 Å². The zero-order valence-corrected chi connectivity index (χ0v) is 24.5. The lowest BCUT2D eigenvalue weighted by Gasteiger charge is -2.26. The highest BCUT2D eigenvalue weighted by atomic mass is 16.4. The van der Waals surface area contributed by atoms with Gasteiger partial charge in [0.1, 0.15) is 22.3 Å². The van der Waals surface area contributed by atoms with Gasteiger partial charge < -0.3 is 18.2 Å². The monoisotopic (exact) mass is 592 g/mol. The fourth-order valence-electron chi connectivity index (χ4n) is 6.77. The lowest BCUT2D eigenvalue weighted by Crippen LogP contribution is -2.10. The Kier molecular flexibility index (Phi) is 5.22. The number of aromatic nitrogens is 1. The van der Waals surface area contributed by atoms with Crippen LogP contribution in [-0.4, -0.2) is 4.98 Å². The molecule has 46 heavy (non-hydrogen) atoms. The van der Waals surface area contributed by atoms with Crippen LogP contribution in [0.4, 0.5) is 17.1 Å². The van der Waals surface area contributed by atoms with Crippen LogP contribution < -0.4 is 4.90 Å². The molecule has 3 heterocycles. The van der Waals surface area contributed by atoms with Crippen molar-refractivity contribution in [3.05, 3.63) is 146 Å². The number of furan rings is 2. The summed E-state index contributed by atoms with van der Waals surface area (Å²) in [6.45, 7) is 0. The van der Waals surface area contributed by atoms with Crippen molar-refractivity contribution < 1.29 is 13.3 Å². The fraction of sp³-hybridized carbons (Fsp3) is 0. The second-order valence-electron chi connectivity index (χ2n) is 11.6. The van der Waals surface area contributed by atoms with Gasteiger partial charge >= 0.3 is 0 Å². The highest BCUT2D eigenvalue weighted by Crippen LogP contribution is 2.46. The predicted octanol–water partition coefficient (Wildman–Crippen LogP) is 11.9. The van der Waals surface area contributed by atoms with Crippen LogP contribution in [0.5, 0.6) is 0 Å². The van der Waals surface area contributed by atoms with E-state index in [1.165, 1.54) is 5.39 Å². The SMILES string of the molecule is c1ccc2cc(N(c3ccc4oc5ccccc5c4c3)c3cccc4c3oc3cccc(-c5nc6ccccc6o5)c34)ccc2c1. The third-order valence-corrected chi connectivity index (χ3v) is 8.88. The minimum absolute atomic E-state index is 0.573. The maximum absolute atomic E-state index is 6.74. The molecule has 0 saturated carbocycles. The molecule has 0 unspecified atom stereocenters. The lowest BCUT2D eigenvalue weighted by atomic mass is 10.0. The molecule has 0 aliphatic carbocycles. The number of hydrogen-bond acceptors (Lipinski definition) is 5. The number of nitrogens with zero attached hydrogens (tertiary/aromatic N) is 2. The molecule has 0 amide bonds. The van der Waals surface area contributed by atoms with E-state index in [1.807, 2.05) is 54.6 Å². The average molecular weight is 593 g/mol. The van der Waals surface area contributed by atoms with Gasteiger partial charge in [-0.1, -0.05) is 78.9 Å². The van der Waals surface area contributed by atoms with E-state index >= 15 is 0 Å². The van der Waals surface area contributed by atoms with E-state index in [1.54, 1.807) is 0 Å². The van der Waals surface area contributed by atoms with Gasteiger partial charge in [0.2, 0.25) is 5.89 Å². The van der Waals surface area contributed by atoms with Gasteiger partial charge in [0.05, 0.1) is 5.69 Å². The third kappa shape index (κ3) is 3.72. The molecule has 5 nitrogen and oxygen atoms in total. The average Bonchev–Trinajstić information content (AvgIpc) is 3.82. The summed E-state index contributed by atoms with van der Waals surface area (Å²) >= 11 is 0. The molecule has 0 aliphatic heterocycles. The summed E-state index contributed by atoms with van der Waals surface area (Å²) in [4.78, 5) is 7.10. The Balaban J connectivity index is 1.24.